The van der Waals surface area contributed by atoms with Crippen LogP contribution in [0.25, 0.3) is 11.1 Å². The molecule has 28 heavy (non-hydrogen) atoms. The summed E-state index contributed by atoms with van der Waals surface area (Å²) in [5.74, 6) is -0.487. The highest BCUT2D eigenvalue weighted by Gasteiger charge is 2.11. The number of ether oxygens (including phenoxy) is 1. The molecule has 3 aromatic rings. The van der Waals surface area contributed by atoms with Gasteiger partial charge in [-0.3, -0.25) is 20.4 Å². The number of hydrazine groups is 1. The summed E-state index contributed by atoms with van der Waals surface area (Å²) >= 11 is 9.40. The number of carbonyl (C=O) groups is 2. The first-order valence-electron chi connectivity index (χ1n) is 8.36. The van der Waals surface area contributed by atoms with Gasteiger partial charge in [0.15, 0.2) is 6.61 Å². The summed E-state index contributed by atoms with van der Waals surface area (Å²) in [7, 11) is 0. The first-order valence-corrected chi connectivity index (χ1v) is 9.53. The van der Waals surface area contributed by atoms with Crippen molar-refractivity contribution in [3.05, 3.63) is 87.9 Å². The Hall–Kier alpha value is -2.83. The molecule has 0 aliphatic heterocycles. The summed E-state index contributed by atoms with van der Waals surface area (Å²) < 4.78 is 6.24. The first-order chi connectivity index (χ1) is 13.5. The van der Waals surface area contributed by atoms with Crippen molar-refractivity contribution in [1.82, 2.24) is 10.9 Å². The van der Waals surface area contributed by atoms with E-state index in [2.05, 4.69) is 26.8 Å². The van der Waals surface area contributed by atoms with Crippen molar-refractivity contribution in [2.24, 2.45) is 0 Å². The molecule has 2 N–H and O–H groups in total. The Kier molecular flexibility index (Phi) is 6.68. The van der Waals surface area contributed by atoms with Gasteiger partial charge in [-0.15, -0.1) is 0 Å². The maximum atomic E-state index is 12.0. The second-order valence-corrected chi connectivity index (χ2v) is 7.04. The molecule has 0 radical (unpaired) electrons. The average molecular weight is 460 g/mol. The zero-order valence-corrected chi connectivity index (χ0v) is 17.0. The lowest BCUT2D eigenvalue weighted by Crippen LogP contribution is -2.43. The average Bonchev–Trinajstić information content (AvgIpc) is 2.72. The number of carbonyl (C=O) groups excluding carboxylic acids is 2. The largest absolute Gasteiger partial charge is 0.483 e. The van der Waals surface area contributed by atoms with E-state index in [0.717, 1.165) is 15.6 Å². The smallest absolute Gasteiger partial charge is 0.276 e. The zero-order valence-electron chi connectivity index (χ0n) is 14.6. The van der Waals surface area contributed by atoms with Crippen molar-refractivity contribution >= 4 is 39.3 Å². The lowest BCUT2D eigenvalue weighted by molar-refractivity contribution is -0.123. The lowest BCUT2D eigenvalue weighted by Gasteiger charge is -2.11. The van der Waals surface area contributed by atoms with Gasteiger partial charge in [-0.25, -0.2) is 0 Å². The quantitative estimate of drug-likeness (QED) is 0.548. The van der Waals surface area contributed by atoms with Gasteiger partial charge in [0.25, 0.3) is 11.8 Å². The maximum Gasteiger partial charge on any atom is 0.276 e. The summed E-state index contributed by atoms with van der Waals surface area (Å²) in [4.78, 5) is 23.9. The van der Waals surface area contributed by atoms with Crippen LogP contribution in [0, 0.1) is 0 Å². The second-order valence-electron chi connectivity index (χ2n) is 5.78. The van der Waals surface area contributed by atoms with E-state index >= 15 is 0 Å². The van der Waals surface area contributed by atoms with Crippen molar-refractivity contribution < 1.29 is 14.3 Å². The topological polar surface area (TPSA) is 67.4 Å². The van der Waals surface area contributed by atoms with Gasteiger partial charge >= 0.3 is 0 Å². The van der Waals surface area contributed by atoms with E-state index in [1.54, 1.807) is 30.3 Å². The van der Waals surface area contributed by atoms with E-state index in [4.69, 9.17) is 16.3 Å². The van der Waals surface area contributed by atoms with Crippen LogP contribution in [0.3, 0.4) is 0 Å². The Morgan fingerprint density at radius 1 is 0.893 bits per heavy atom. The van der Waals surface area contributed by atoms with Crippen LogP contribution in [0.1, 0.15) is 10.4 Å². The Labute approximate surface area is 175 Å². The zero-order chi connectivity index (χ0) is 19.9. The molecule has 0 bridgehead atoms. The van der Waals surface area contributed by atoms with Crippen LogP contribution in [0.4, 0.5) is 0 Å². The van der Waals surface area contributed by atoms with E-state index in [1.165, 1.54) is 0 Å². The number of hydrogen-bond acceptors (Lipinski definition) is 3. The van der Waals surface area contributed by atoms with Crippen LogP contribution < -0.4 is 15.6 Å². The predicted octanol–water partition coefficient (Wildman–Crippen LogP) is 4.61. The van der Waals surface area contributed by atoms with Crippen molar-refractivity contribution in [3.63, 3.8) is 0 Å². The van der Waals surface area contributed by atoms with Crippen molar-refractivity contribution in [2.45, 2.75) is 0 Å². The van der Waals surface area contributed by atoms with E-state index < -0.39 is 11.8 Å². The summed E-state index contributed by atoms with van der Waals surface area (Å²) in [6, 6.07) is 22.1. The molecule has 3 rings (SSSR count). The van der Waals surface area contributed by atoms with Gasteiger partial charge in [-0.2, -0.15) is 0 Å². The van der Waals surface area contributed by atoms with E-state index in [-0.39, 0.29) is 12.2 Å². The fraction of sp³-hybridized carbons (Fsp3) is 0.0476. The molecule has 5 nitrogen and oxygen atoms in total. The van der Waals surface area contributed by atoms with E-state index in [0.29, 0.717) is 10.8 Å². The van der Waals surface area contributed by atoms with Gasteiger partial charge in [0.05, 0.1) is 15.1 Å². The molecule has 0 aliphatic carbocycles. The van der Waals surface area contributed by atoms with Gasteiger partial charge in [0.2, 0.25) is 0 Å². The number of halogens is 2. The molecule has 0 fully saturated rings. The van der Waals surface area contributed by atoms with Crippen molar-refractivity contribution in [3.8, 4) is 16.9 Å². The first kappa shape index (κ1) is 19.9. The number of hydrogen-bond donors (Lipinski definition) is 2. The Morgan fingerprint density at radius 3 is 2.32 bits per heavy atom. The third-order valence-corrected chi connectivity index (χ3v) is 4.78. The summed E-state index contributed by atoms with van der Waals surface area (Å²) in [5.41, 5.74) is 6.98. The minimum Gasteiger partial charge on any atom is -0.483 e. The summed E-state index contributed by atoms with van der Waals surface area (Å²) in [6.45, 7) is -0.258. The molecular formula is C21H16BrClN2O3. The normalized spacial score (nSPS) is 10.2. The molecule has 2 amide bonds. The molecule has 3 aromatic carbocycles. The van der Waals surface area contributed by atoms with Crippen LogP contribution in [0.15, 0.2) is 77.3 Å². The highest BCUT2D eigenvalue weighted by Crippen LogP contribution is 2.30. The van der Waals surface area contributed by atoms with Crippen LogP contribution in [-0.4, -0.2) is 18.4 Å². The third-order valence-electron chi connectivity index (χ3n) is 3.83. The SMILES string of the molecule is O=C(COc1ccc(-c2ccccc2)cc1Br)NNC(=O)c1ccccc1Cl. The summed E-state index contributed by atoms with van der Waals surface area (Å²) in [6.07, 6.45) is 0. The molecular weight excluding hydrogens is 444 g/mol. The molecule has 142 valence electrons. The molecule has 7 heteroatoms. The maximum absolute atomic E-state index is 12.0. The Bertz CT molecular complexity index is 996. The standard InChI is InChI=1S/C21H16BrClN2O3/c22-17-12-15(14-6-2-1-3-7-14)10-11-19(17)28-13-20(26)24-25-21(27)16-8-4-5-9-18(16)23/h1-12H,13H2,(H,24,26)(H,25,27). The molecule has 0 saturated carbocycles. The highest BCUT2D eigenvalue weighted by atomic mass is 79.9. The van der Waals surface area contributed by atoms with Crippen LogP contribution in [-0.2, 0) is 4.79 Å². The molecule has 0 spiro atoms. The number of rotatable bonds is 5. The third kappa shape index (κ3) is 5.12. The van der Waals surface area contributed by atoms with Gasteiger partial charge in [0, 0.05) is 0 Å². The van der Waals surface area contributed by atoms with Gasteiger partial charge < -0.3 is 4.74 Å². The fourth-order valence-corrected chi connectivity index (χ4v) is 3.16. The van der Waals surface area contributed by atoms with Crippen LogP contribution in [0.5, 0.6) is 5.75 Å². The highest BCUT2D eigenvalue weighted by molar-refractivity contribution is 9.10. The van der Waals surface area contributed by atoms with Crippen LogP contribution in [0.2, 0.25) is 5.02 Å². The van der Waals surface area contributed by atoms with E-state index in [1.807, 2.05) is 42.5 Å². The monoisotopic (exact) mass is 458 g/mol. The molecule has 0 atom stereocenters. The van der Waals surface area contributed by atoms with Crippen LogP contribution >= 0.6 is 27.5 Å². The molecule has 0 aromatic heterocycles. The fourth-order valence-electron chi connectivity index (χ4n) is 2.45. The molecule has 0 heterocycles. The van der Waals surface area contributed by atoms with Gasteiger partial charge in [-0.1, -0.05) is 60.1 Å². The second kappa shape index (κ2) is 9.39. The van der Waals surface area contributed by atoms with Crippen molar-refractivity contribution in [2.75, 3.05) is 6.61 Å². The van der Waals surface area contributed by atoms with E-state index in [9.17, 15) is 9.59 Å². The minimum atomic E-state index is -0.507. The molecule has 0 saturated heterocycles. The number of nitrogens with one attached hydrogen (secondary N) is 2. The minimum absolute atomic E-state index is 0.258. The Morgan fingerprint density at radius 2 is 1.61 bits per heavy atom. The Balaban J connectivity index is 1.53. The molecule has 0 aliphatic rings. The lowest BCUT2D eigenvalue weighted by atomic mass is 10.1. The number of amides is 2. The number of benzene rings is 3. The predicted molar refractivity (Wildman–Crippen MR) is 112 cm³/mol. The van der Waals surface area contributed by atoms with Gasteiger partial charge in [-0.05, 0) is 51.3 Å². The summed E-state index contributed by atoms with van der Waals surface area (Å²) in [5, 5.41) is 0.299. The molecule has 0 unspecified atom stereocenters. The van der Waals surface area contributed by atoms with Gasteiger partial charge in [0.1, 0.15) is 5.75 Å². The van der Waals surface area contributed by atoms with Crippen molar-refractivity contribution in [1.29, 1.82) is 0 Å².